The number of ketones is 1. The van der Waals surface area contributed by atoms with Crippen LogP contribution in [-0.4, -0.2) is 18.2 Å². The molecule has 3 aromatic carbocycles. The molecule has 1 atom stereocenters. The van der Waals surface area contributed by atoms with Crippen LogP contribution in [0.2, 0.25) is 0 Å². The van der Waals surface area contributed by atoms with Crippen molar-refractivity contribution in [1.82, 2.24) is 0 Å². The lowest BCUT2D eigenvalue weighted by atomic mass is 10.1. The lowest BCUT2D eigenvalue weighted by Gasteiger charge is -2.22. The molecule has 3 heteroatoms. The van der Waals surface area contributed by atoms with Crippen molar-refractivity contribution in [2.24, 2.45) is 0 Å². The number of anilines is 1. The topological polar surface area (TPSA) is 20.3 Å². The molecule has 1 heterocycles. The number of thioether (sulfide) groups is 1. The van der Waals surface area contributed by atoms with Crippen LogP contribution in [0, 0.1) is 0 Å². The van der Waals surface area contributed by atoms with Gasteiger partial charge in [0.1, 0.15) is 0 Å². The van der Waals surface area contributed by atoms with Gasteiger partial charge in [-0.25, -0.2) is 0 Å². The average Bonchev–Trinajstić information content (AvgIpc) is 2.92. The Morgan fingerprint density at radius 1 is 1.00 bits per heavy atom. The molecule has 1 aliphatic rings. The third kappa shape index (κ3) is 2.51. The van der Waals surface area contributed by atoms with Gasteiger partial charge in [0.25, 0.3) is 0 Å². The summed E-state index contributed by atoms with van der Waals surface area (Å²) >= 11 is 1.79. The predicted molar refractivity (Wildman–Crippen MR) is 97.4 cm³/mol. The first-order valence-electron chi connectivity index (χ1n) is 7.73. The molecule has 3 aromatic rings. The summed E-state index contributed by atoms with van der Waals surface area (Å²) in [7, 11) is 2.09. The molecule has 2 nitrogen and oxygen atoms in total. The second kappa shape index (κ2) is 5.74. The second-order valence-electron chi connectivity index (χ2n) is 5.81. The Morgan fingerprint density at radius 2 is 1.74 bits per heavy atom. The van der Waals surface area contributed by atoms with E-state index in [1.165, 1.54) is 21.4 Å². The van der Waals surface area contributed by atoms with Gasteiger partial charge in [-0.3, -0.25) is 4.79 Å². The Hall–Kier alpha value is -2.26. The molecule has 4 rings (SSSR count). The molecular weight excluding hydrogens is 302 g/mol. The highest BCUT2D eigenvalue weighted by molar-refractivity contribution is 8.00. The quantitative estimate of drug-likeness (QED) is 0.635. The van der Waals surface area contributed by atoms with Crippen LogP contribution in [0.5, 0.6) is 0 Å². The van der Waals surface area contributed by atoms with E-state index in [4.69, 9.17) is 0 Å². The number of hydrogen-bond acceptors (Lipinski definition) is 3. The zero-order chi connectivity index (χ0) is 15.8. The van der Waals surface area contributed by atoms with Crippen molar-refractivity contribution in [2.45, 2.75) is 16.7 Å². The van der Waals surface area contributed by atoms with E-state index >= 15 is 0 Å². The van der Waals surface area contributed by atoms with E-state index in [1.807, 2.05) is 30.3 Å². The molecule has 0 aromatic heterocycles. The van der Waals surface area contributed by atoms with Gasteiger partial charge in [-0.15, -0.1) is 0 Å². The van der Waals surface area contributed by atoms with E-state index in [2.05, 4.69) is 48.3 Å². The van der Waals surface area contributed by atoms with E-state index in [0.717, 1.165) is 5.56 Å². The van der Waals surface area contributed by atoms with Gasteiger partial charge < -0.3 is 4.90 Å². The van der Waals surface area contributed by atoms with Crippen LogP contribution in [-0.2, 0) is 0 Å². The fourth-order valence-corrected chi connectivity index (χ4v) is 4.45. The van der Waals surface area contributed by atoms with Gasteiger partial charge in [0.2, 0.25) is 0 Å². The van der Waals surface area contributed by atoms with Crippen molar-refractivity contribution in [3.05, 3.63) is 72.3 Å². The lowest BCUT2D eigenvalue weighted by molar-refractivity contribution is 0.0982. The zero-order valence-electron chi connectivity index (χ0n) is 12.9. The summed E-state index contributed by atoms with van der Waals surface area (Å²) in [4.78, 5) is 16.0. The van der Waals surface area contributed by atoms with Crippen LogP contribution in [0.4, 0.5) is 5.69 Å². The fraction of sp³-hybridized carbons (Fsp3) is 0.150. The van der Waals surface area contributed by atoms with E-state index in [0.29, 0.717) is 6.42 Å². The van der Waals surface area contributed by atoms with Crippen molar-refractivity contribution in [3.8, 4) is 0 Å². The summed E-state index contributed by atoms with van der Waals surface area (Å²) in [5, 5.41) is 2.66. The summed E-state index contributed by atoms with van der Waals surface area (Å²) < 4.78 is 0. The van der Waals surface area contributed by atoms with Crippen molar-refractivity contribution in [3.63, 3.8) is 0 Å². The molecule has 114 valence electrons. The van der Waals surface area contributed by atoms with E-state index < -0.39 is 0 Å². The van der Waals surface area contributed by atoms with Crippen LogP contribution in [0.15, 0.2) is 71.6 Å². The molecule has 0 bridgehead atoms. The van der Waals surface area contributed by atoms with E-state index in [9.17, 15) is 4.79 Å². The summed E-state index contributed by atoms with van der Waals surface area (Å²) in [5.74, 6) is 0.201. The van der Waals surface area contributed by atoms with Gasteiger partial charge in [-0.05, 0) is 11.5 Å². The van der Waals surface area contributed by atoms with Crippen molar-refractivity contribution in [1.29, 1.82) is 0 Å². The van der Waals surface area contributed by atoms with Crippen LogP contribution in [0.1, 0.15) is 16.8 Å². The van der Waals surface area contributed by atoms with Gasteiger partial charge in [-0.1, -0.05) is 72.4 Å². The molecule has 0 radical (unpaired) electrons. The first-order chi connectivity index (χ1) is 11.2. The molecule has 23 heavy (non-hydrogen) atoms. The normalized spacial score (nSPS) is 16.6. The predicted octanol–water partition coefficient (Wildman–Crippen LogP) is 4.98. The molecule has 0 saturated carbocycles. The number of carbonyl (C=O) groups excluding carboxylic acids is 1. The van der Waals surface area contributed by atoms with Crippen molar-refractivity contribution >= 4 is 34.0 Å². The Kier molecular flexibility index (Phi) is 3.58. The standard InChI is InChI=1S/C20H17NOS/c1-21-19(13-17(22)15-8-3-2-4-9-15)23-18-12-11-14-7-5-6-10-16(14)20(18)21/h2-12,19H,13H2,1H3. The molecule has 0 fully saturated rings. The SMILES string of the molecule is CN1c2c(ccc3ccccc23)SC1CC(=O)c1ccccc1. The zero-order valence-corrected chi connectivity index (χ0v) is 13.7. The third-order valence-electron chi connectivity index (χ3n) is 4.37. The summed E-state index contributed by atoms with van der Waals surface area (Å²) in [6.45, 7) is 0. The fourth-order valence-electron chi connectivity index (χ4n) is 3.14. The molecule has 0 amide bonds. The van der Waals surface area contributed by atoms with Gasteiger partial charge in [0.15, 0.2) is 5.78 Å². The van der Waals surface area contributed by atoms with Crippen LogP contribution in [0.3, 0.4) is 0 Å². The number of hydrogen-bond donors (Lipinski definition) is 0. The molecule has 0 saturated heterocycles. The van der Waals surface area contributed by atoms with Crippen molar-refractivity contribution in [2.75, 3.05) is 11.9 Å². The largest absolute Gasteiger partial charge is 0.360 e. The maximum Gasteiger partial charge on any atom is 0.165 e. The number of benzene rings is 3. The minimum absolute atomic E-state index is 0.156. The summed E-state index contributed by atoms with van der Waals surface area (Å²) in [6, 6.07) is 22.3. The van der Waals surface area contributed by atoms with Gasteiger partial charge >= 0.3 is 0 Å². The Bertz CT molecular complexity index is 875. The molecule has 0 N–H and O–H groups in total. The maximum atomic E-state index is 12.5. The molecule has 0 spiro atoms. The lowest BCUT2D eigenvalue weighted by Crippen LogP contribution is -2.27. The first kappa shape index (κ1) is 14.3. The summed E-state index contributed by atoms with van der Waals surface area (Å²) in [6.07, 6.45) is 0.522. The van der Waals surface area contributed by atoms with Gasteiger partial charge in [0.05, 0.1) is 11.1 Å². The average molecular weight is 319 g/mol. The molecule has 0 aliphatic carbocycles. The Labute approximate surface area is 140 Å². The highest BCUT2D eigenvalue weighted by Gasteiger charge is 2.30. The number of Topliss-reactive ketones (excluding diaryl/α,β-unsaturated/α-hetero) is 1. The monoisotopic (exact) mass is 319 g/mol. The maximum absolute atomic E-state index is 12.5. The number of carbonyl (C=O) groups is 1. The van der Waals surface area contributed by atoms with Crippen LogP contribution >= 0.6 is 11.8 Å². The van der Waals surface area contributed by atoms with Crippen LogP contribution in [0.25, 0.3) is 10.8 Å². The molecule has 1 aliphatic heterocycles. The Morgan fingerprint density at radius 3 is 2.57 bits per heavy atom. The van der Waals surface area contributed by atoms with E-state index in [-0.39, 0.29) is 11.2 Å². The van der Waals surface area contributed by atoms with Gasteiger partial charge in [-0.2, -0.15) is 0 Å². The Balaban J connectivity index is 1.64. The van der Waals surface area contributed by atoms with Crippen molar-refractivity contribution < 1.29 is 4.79 Å². The number of fused-ring (bicyclic) bond motifs is 3. The highest BCUT2D eigenvalue weighted by atomic mass is 32.2. The van der Waals surface area contributed by atoms with Crippen LogP contribution < -0.4 is 4.90 Å². The molecule has 1 unspecified atom stereocenters. The number of rotatable bonds is 3. The smallest absolute Gasteiger partial charge is 0.165 e. The first-order valence-corrected chi connectivity index (χ1v) is 8.61. The molecular formula is C20H17NOS. The minimum Gasteiger partial charge on any atom is -0.360 e. The minimum atomic E-state index is 0.156. The highest BCUT2D eigenvalue weighted by Crippen LogP contribution is 2.47. The second-order valence-corrected chi connectivity index (χ2v) is 7.03. The third-order valence-corrected chi connectivity index (χ3v) is 5.71. The number of nitrogens with zero attached hydrogens (tertiary/aromatic N) is 1. The van der Waals surface area contributed by atoms with Gasteiger partial charge in [0, 0.05) is 29.3 Å². The van der Waals surface area contributed by atoms with E-state index in [1.54, 1.807) is 11.8 Å². The summed E-state index contributed by atoms with van der Waals surface area (Å²) in [5.41, 5.74) is 2.04.